The number of nitrogens with one attached hydrogen (secondary N) is 1. The van der Waals surface area contributed by atoms with Crippen molar-refractivity contribution >= 4 is 16.0 Å². The normalized spacial score (nSPS) is 20.3. The molecule has 1 aliphatic rings. The van der Waals surface area contributed by atoms with Crippen molar-refractivity contribution in [1.82, 2.24) is 5.32 Å². The fourth-order valence-electron chi connectivity index (χ4n) is 1.59. The largest absolute Gasteiger partial charge is 0.353 e. The maximum absolute atomic E-state index is 11.8. The number of hydrogen-bond acceptors (Lipinski definition) is 4. The van der Waals surface area contributed by atoms with E-state index in [9.17, 15) is 13.2 Å². The van der Waals surface area contributed by atoms with Crippen molar-refractivity contribution in [3.63, 3.8) is 0 Å². The molecule has 1 amide bonds. The average Bonchev–Trinajstić information content (AvgIpc) is 2.63. The van der Waals surface area contributed by atoms with Crippen LogP contribution in [0.4, 0.5) is 0 Å². The maximum atomic E-state index is 11.8. The van der Waals surface area contributed by atoms with Crippen molar-refractivity contribution in [3.05, 3.63) is 29.8 Å². The minimum Gasteiger partial charge on any atom is -0.353 e. The van der Waals surface area contributed by atoms with Crippen LogP contribution in [0.25, 0.3) is 0 Å². The first-order valence-corrected chi connectivity index (χ1v) is 6.65. The number of hydrogen-bond donors (Lipinski definition) is 1. The fourth-order valence-corrected chi connectivity index (χ4v) is 2.66. The van der Waals surface area contributed by atoms with Crippen molar-refractivity contribution in [2.45, 2.75) is 24.3 Å². The maximum Gasteiger partial charge on any atom is 0.297 e. The van der Waals surface area contributed by atoms with Gasteiger partial charge in [0.15, 0.2) is 0 Å². The molecule has 0 spiro atoms. The summed E-state index contributed by atoms with van der Waals surface area (Å²) in [7, 11) is -3.78. The van der Waals surface area contributed by atoms with E-state index in [2.05, 4.69) is 5.32 Å². The molecule has 0 bridgehead atoms. The molecule has 0 aromatic heterocycles. The molecule has 5 nitrogen and oxygen atoms in total. The summed E-state index contributed by atoms with van der Waals surface area (Å²) in [6, 6.07) is 6.40. The van der Waals surface area contributed by atoms with Gasteiger partial charge < -0.3 is 5.32 Å². The third-order valence-electron chi connectivity index (χ3n) is 2.51. The highest BCUT2D eigenvalue weighted by Gasteiger charge is 2.28. The Morgan fingerprint density at radius 1 is 1.29 bits per heavy atom. The highest BCUT2D eigenvalue weighted by Crippen LogP contribution is 2.17. The lowest BCUT2D eigenvalue weighted by atomic mass is 10.2. The van der Waals surface area contributed by atoms with E-state index in [4.69, 9.17) is 4.18 Å². The topological polar surface area (TPSA) is 72.5 Å². The fraction of sp³-hybridized carbons (Fsp3) is 0.364. The third kappa shape index (κ3) is 2.83. The molecular formula is C11H13NO4S. The van der Waals surface area contributed by atoms with Crippen LogP contribution in [-0.2, 0) is 19.1 Å². The molecule has 2 rings (SSSR count). The summed E-state index contributed by atoms with van der Waals surface area (Å²) in [5.74, 6) is -0.186. The Morgan fingerprint density at radius 3 is 2.47 bits per heavy atom. The number of carbonyl (C=O) groups is 1. The molecular weight excluding hydrogens is 242 g/mol. The minimum atomic E-state index is -3.78. The Morgan fingerprint density at radius 2 is 1.94 bits per heavy atom. The molecule has 1 atom stereocenters. The van der Waals surface area contributed by atoms with Gasteiger partial charge in [0.05, 0.1) is 11.3 Å². The summed E-state index contributed by atoms with van der Waals surface area (Å²) in [5.41, 5.74) is 0.974. The molecule has 1 aliphatic heterocycles. The van der Waals surface area contributed by atoms with Crippen LogP contribution in [0, 0.1) is 6.92 Å². The van der Waals surface area contributed by atoms with Crippen molar-refractivity contribution < 1.29 is 17.4 Å². The predicted octanol–water partition coefficient (Wildman–Crippen LogP) is 0.589. The van der Waals surface area contributed by atoms with Gasteiger partial charge in [-0.2, -0.15) is 8.42 Å². The van der Waals surface area contributed by atoms with Gasteiger partial charge in [0.1, 0.15) is 6.10 Å². The van der Waals surface area contributed by atoms with Gasteiger partial charge in [-0.3, -0.25) is 8.98 Å². The molecule has 0 saturated carbocycles. The zero-order valence-corrected chi connectivity index (χ0v) is 10.2. The zero-order chi connectivity index (χ0) is 12.5. The second-order valence-electron chi connectivity index (χ2n) is 3.99. The molecule has 1 heterocycles. The molecule has 1 fully saturated rings. The lowest BCUT2D eigenvalue weighted by Crippen LogP contribution is -2.21. The molecule has 1 saturated heterocycles. The van der Waals surface area contributed by atoms with Gasteiger partial charge >= 0.3 is 0 Å². The van der Waals surface area contributed by atoms with Crippen LogP contribution in [-0.4, -0.2) is 27.0 Å². The van der Waals surface area contributed by atoms with Gasteiger partial charge in [0, 0.05) is 6.54 Å². The van der Waals surface area contributed by atoms with Gasteiger partial charge in [-0.05, 0) is 19.1 Å². The number of amides is 1. The van der Waals surface area contributed by atoms with Gasteiger partial charge in [-0.15, -0.1) is 0 Å². The minimum absolute atomic E-state index is 0.0884. The molecule has 1 aromatic carbocycles. The molecule has 1 aromatic rings. The summed E-state index contributed by atoms with van der Waals surface area (Å²) < 4.78 is 28.7. The van der Waals surface area contributed by atoms with Crippen LogP contribution in [0.2, 0.25) is 0 Å². The quantitative estimate of drug-likeness (QED) is 0.802. The average molecular weight is 255 g/mol. The van der Waals surface area contributed by atoms with Crippen LogP contribution in [0.5, 0.6) is 0 Å². The second kappa shape index (κ2) is 4.46. The third-order valence-corrected chi connectivity index (χ3v) is 3.89. The molecule has 0 aliphatic carbocycles. The zero-order valence-electron chi connectivity index (χ0n) is 9.34. The van der Waals surface area contributed by atoms with Crippen LogP contribution in [0.3, 0.4) is 0 Å². The molecule has 92 valence electrons. The monoisotopic (exact) mass is 255 g/mol. The molecule has 1 unspecified atom stereocenters. The van der Waals surface area contributed by atoms with Crippen molar-refractivity contribution in [3.8, 4) is 0 Å². The molecule has 17 heavy (non-hydrogen) atoms. The summed E-state index contributed by atoms with van der Waals surface area (Å²) in [6.45, 7) is 2.11. The SMILES string of the molecule is Cc1ccc(S(=O)(=O)OC2CNC(=O)C2)cc1. The van der Waals surface area contributed by atoms with Gasteiger partial charge in [0.25, 0.3) is 10.1 Å². The van der Waals surface area contributed by atoms with Gasteiger partial charge in [-0.1, -0.05) is 17.7 Å². The Kier molecular flexibility index (Phi) is 3.17. The molecule has 0 radical (unpaired) electrons. The lowest BCUT2D eigenvalue weighted by Gasteiger charge is -2.09. The first kappa shape index (κ1) is 12.1. The van der Waals surface area contributed by atoms with Crippen molar-refractivity contribution in [2.75, 3.05) is 6.54 Å². The second-order valence-corrected chi connectivity index (χ2v) is 5.57. The van der Waals surface area contributed by atoms with Crippen LogP contribution in [0.1, 0.15) is 12.0 Å². The van der Waals surface area contributed by atoms with Crippen molar-refractivity contribution in [2.24, 2.45) is 0 Å². The van der Waals surface area contributed by atoms with E-state index in [1.54, 1.807) is 12.1 Å². The summed E-state index contributed by atoms with van der Waals surface area (Å²) in [6.07, 6.45) is -0.515. The highest BCUT2D eigenvalue weighted by atomic mass is 32.2. The van der Waals surface area contributed by atoms with Gasteiger partial charge in [0.2, 0.25) is 5.91 Å². The predicted molar refractivity (Wildman–Crippen MR) is 60.9 cm³/mol. The Hall–Kier alpha value is -1.40. The van der Waals surface area contributed by atoms with E-state index in [0.717, 1.165) is 5.56 Å². The number of aryl methyl sites for hydroxylation is 1. The Balaban J connectivity index is 2.14. The lowest BCUT2D eigenvalue weighted by molar-refractivity contribution is -0.119. The van der Waals surface area contributed by atoms with E-state index in [0.29, 0.717) is 0 Å². The number of rotatable bonds is 3. The van der Waals surface area contributed by atoms with E-state index in [1.807, 2.05) is 6.92 Å². The van der Waals surface area contributed by atoms with Crippen LogP contribution < -0.4 is 5.32 Å². The number of carbonyl (C=O) groups excluding carboxylic acids is 1. The highest BCUT2D eigenvalue weighted by molar-refractivity contribution is 7.86. The van der Waals surface area contributed by atoms with Crippen LogP contribution in [0.15, 0.2) is 29.2 Å². The Labute approximate surface area is 99.9 Å². The standard InChI is InChI=1S/C11H13NO4S/c1-8-2-4-10(5-3-8)17(14,15)16-9-6-11(13)12-7-9/h2-5,9H,6-7H2,1H3,(H,12,13). The van der Waals surface area contributed by atoms with Crippen LogP contribution >= 0.6 is 0 Å². The van der Waals surface area contributed by atoms with E-state index < -0.39 is 16.2 Å². The first-order chi connectivity index (χ1) is 7.97. The summed E-state index contributed by atoms with van der Waals surface area (Å²) in [4.78, 5) is 11.0. The smallest absolute Gasteiger partial charge is 0.297 e. The first-order valence-electron chi connectivity index (χ1n) is 5.24. The summed E-state index contributed by atoms with van der Waals surface area (Å²) >= 11 is 0. The van der Waals surface area contributed by atoms with Gasteiger partial charge in [-0.25, -0.2) is 0 Å². The summed E-state index contributed by atoms with van der Waals surface area (Å²) in [5, 5.41) is 2.52. The Bertz CT molecular complexity index is 521. The van der Waals surface area contributed by atoms with E-state index >= 15 is 0 Å². The number of benzene rings is 1. The van der Waals surface area contributed by atoms with Crippen molar-refractivity contribution in [1.29, 1.82) is 0 Å². The van der Waals surface area contributed by atoms with E-state index in [-0.39, 0.29) is 23.8 Å². The molecule has 1 N–H and O–H groups in total. The van der Waals surface area contributed by atoms with E-state index in [1.165, 1.54) is 12.1 Å². The molecule has 6 heteroatoms.